The van der Waals surface area contributed by atoms with Gasteiger partial charge in [-0.2, -0.15) is 0 Å². The van der Waals surface area contributed by atoms with Gasteiger partial charge in [0.25, 0.3) is 11.8 Å². The number of nitrogens with one attached hydrogen (secondary N) is 3. The van der Waals surface area contributed by atoms with Crippen molar-refractivity contribution in [2.24, 2.45) is 0 Å². The first-order chi connectivity index (χ1) is 19.0. The Kier molecular flexibility index (Phi) is 7.84. The van der Waals surface area contributed by atoms with Crippen LogP contribution in [0.5, 0.6) is 11.5 Å². The fraction of sp³-hybridized carbons (Fsp3) is 0.400. The minimum Gasteiger partial charge on any atom is -0.507 e. The van der Waals surface area contributed by atoms with Crippen molar-refractivity contribution in [3.05, 3.63) is 70.1 Å². The molecule has 0 atom stereocenters. The van der Waals surface area contributed by atoms with Gasteiger partial charge in [-0.3, -0.25) is 14.7 Å². The fourth-order valence-electron chi connectivity index (χ4n) is 4.39. The SMILES string of the molecule is Cc1ccc(C(=O)Nc2ccccc2OCC(=O)NC(C)(C)C(C)(C)c2nnc3c(Cl)c(C(C)(C)C)[nH]n23)c(O)c1. The average Bonchev–Trinajstić information content (AvgIpc) is 3.43. The molecule has 0 saturated carbocycles. The number of aromatic hydroxyl groups is 1. The molecule has 2 amide bonds. The third-order valence-electron chi connectivity index (χ3n) is 7.52. The number of para-hydroxylation sites is 2. The van der Waals surface area contributed by atoms with Crippen LogP contribution in [0.25, 0.3) is 5.65 Å². The van der Waals surface area contributed by atoms with Crippen LogP contribution in [0.1, 0.15) is 75.9 Å². The van der Waals surface area contributed by atoms with E-state index in [-0.39, 0.29) is 29.2 Å². The molecule has 10 nitrogen and oxygen atoms in total. The van der Waals surface area contributed by atoms with Gasteiger partial charge in [0.15, 0.2) is 18.1 Å². The lowest BCUT2D eigenvalue weighted by Gasteiger charge is -2.40. The molecule has 0 radical (unpaired) electrons. The van der Waals surface area contributed by atoms with Gasteiger partial charge in [0, 0.05) is 16.4 Å². The number of anilines is 1. The lowest BCUT2D eigenvalue weighted by molar-refractivity contribution is -0.125. The molecule has 4 N–H and O–H groups in total. The highest BCUT2D eigenvalue weighted by Gasteiger charge is 2.44. The van der Waals surface area contributed by atoms with Crippen LogP contribution in [0.4, 0.5) is 5.69 Å². The summed E-state index contributed by atoms with van der Waals surface area (Å²) in [5.41, 5.74) is 1.01. The Morgan fingerprint density at radius 2 is 1.73 bits per heavy atom. The van der Waals surface area contributed by atoms with Gasteiger partial charge in [-0.1, -0.05) is 64.4 Å². The number of carbonyl (C=O) groups excluding carboxylic acids is 2. The van der Waals surface area contributed by atoms with Gasteiger partial charge in [-0.25, -0.2) is 4.52 Å². The maximum atomic E-state index is 13.1. The maximum absolute atomic E-state index is 13.1. The minimum atomic E-state index is -0.785. The van der Waals surface area contributed by atoms with Crippen LogP contribution in [0, 0.1) is 6.92 Å². The second-order valence-electron chi connectivity index (χ2n) is 12.3. The second kappa shape index (κ2) is 10.7. The summed E-state index contributed by atoms with van der Waals surface area (Å²) in [5, 5.41) is 28.6. The number of carbonyl (C=O) groups is 2. The number of fused-ring (bicyclic) bond motifs is 1. The Hall–Kier alpha value is -4.05. The molecule has 4 aromatic rings. The number of halogens is 1. The van der Waals surface area contributed by atoms with E-state index >= 15 is 0 Å². The Balaban J connectivity index is 1.47. The molecule has 0 aliphatic heterocycles. The van der Waals surface area contributed by atoms with Crippen LogP contribution in [-0.2, 0) is 15.6 Å². The number of phenolic OH excluding ortho intramolecular Hbond substituents is 1. The molecule has 11 heteroatoms. The quantitative estimate of drug-likeness (QED) is 0.217. The molecule has 2 aromatic carbocycles. The maximum Gasteiger partial charge on any atom is 0.259 e. The zero-order valence-corrected chi connectivity index (χ0v) is 25.4. The second-order valence-corrected chi connectivity index (χ2v) is 12.7. The Labute approximate surface area is 244 Å². The number of rotatable bonds is 8. The molecule has 2 aromatic heterocycles. The zero-order chi connectivity index (χ0) is 30.3. The number of phenols is 1. The van der Waals surface area contributed by atoms with Crippen molar-refractivity contribution < 1.29 is 19.4 Å². The highest BCUT2D eigenvalue weighted by Crippen LogP contribution is 2.37. The van der Waals surface area contributed by atoms with E-state index in [0.29, 0.717) is 27.9 Å². The number of H-pyrrole nitrogens is 1. The molecule has 0 fully saturated rings. The molecule has 0 bridgehead atoms. The number of aryl methyl sites for hydroxylation is 1. The van der Waals surface area contributed by atoms with Crippen LogP contribution >= 0.6 is 11.6 Å². The van der Waals surface area contributed by atoms with Crippen molar-refractivity contribution in [2.75, 3.05) is 11.9 Å². The Bertz CT molecular complexity index is 1610. The van der Waals surface area contributed by atoms with Gasteiger partial charge in [-0.15, -0.1) is 10.2 Å². The summed E-state index contributed by atoms with van der Waals surface area (Å²) in [5.74, 6) is -0.0463. The summed E-state index contributed by atoms with van der Waals surface area (Å²) >= 11 is 6.62. The van der Waals surface area contributed by atoms with Crippen LogP contribution in [0.3, 0.4) is 0 Å². The number of hydrogen-bond donors (Lipinski definition) is 4. The van der Waals surface area contributed by atoms with Gasteiger partial charge in [0.2, 0.25) is 0 Å². The highest BCUT2D eigenvalue weighted by molar-refractivity contribution is 6.34. The molecule has 0 aliphatic rings. The van der Waals surface area contributed by atoms with Crippen molar-refractivity contribution in [3.8, 4) is 11.5 Å². The first-order valence-electron chi connectivity index (χ1n) is 13.3. The molecule has 0 unspecified atom stereocenters. The topological polar surface area (TPSA) is 134 Å². The molecule has 0 spiro atoms. The number of ether oxygens (including phenoxy) is 1. The third-order valence-corrected chi connectivity index (χ3v) is 7.88. The van der Waals surface area contributed by atoms with E-state index in [0.717, 1.165) is 11.3 Å². The summed E-state index contributed by atoms with van der Waals surface area (Å²) in [6.45, 7) is 15.5. The number of benzene rings is 2. The number of aromatic nitrogens is 4. The number of aromatic amines is 1. The van der Waals surface area contributed by atoms with E-state index in [2.05, 4.69) is 46.7 Å². The number of hydrogen-bond acceptors (Lipinski definition) is 6. The smallest absolute Gasteiger partial charge is 0.259 e. The van der Waals surface area contributed by atoms with Gasteiger partial charge in [0.1, 0.15) is 16.5 Å². The summed E-state index contributed by atoms with van der Waals surface area (Å²) in [6.07, 6.45) is 0. The van der Waals surface area contributed by atoms with Gasteiger partial charge in [-0.05, 0) is 50.6 Å². The molecular formula is C30H37ClN6O4. The summed E-state index contributed by atoms with van der Waals surface area (Å²) in [4.78, 5) is 25.9. The van der Waals surface area contributed by atoms with Crippen molar-refractivity contribution in [3.63, 3.8) is 0 Å². The first kappa shape index (κ1) is 29.9. The molecule has 2 heterocycles. The minimum absolute atomic E-state index is 0.119. The molecule has 0 saturated heterocycles. The van der Waals surface area contributed by atoms with Crippen molar-refractivity contribution in [1.29, 1.82) is 0 Å². The molecular weight excluding hydrogens is 544 g/mol. The van der Waals surface area contributed by atoms with Crippen LogP contribution in [0.15, 0.2) is 42.5 Å². The van der Waals surface area contributed by atoms with Crippen LogP contribution < -0.4 is 15.4 Å². The largest absolute Gasteiger partial charge is 0.507 e. The highest BCUT2D eigenvalue weighted by atomic mass is 35.5. The zero-order valence-electron chi connectivity index (χ0n) is 24.6. The van der Waals surface area contributed by atoms with Gasteiger partial charge < -0.3 is 20.5 Å². The monoisotopic (exact) mass is 580 g/mol. The predicted molar refractivity (Wildman–Crippen MR) is 159 cm³/mol. The van der Waals surface area contributed by atoms with E-state index in [4.69, 9.17) is 16.3 Å². The lowest BCUT2D eigenvalue weighted by Crippen LogP contribution is -2.57. The Morgan fingerprint density at radius 1 is 1.05 bits per heavy atom. The van der Waals surface area contributed by atoms with Gasteiger partial charge >= 0.3 is 0 Å². The third kappa shape index (κ3) is 5.88. The van der Waals surface area contributed by atoms with Crippen molar-refractivity contribution >= 4 is 34.7 Å². The first-order valence-corrected chi connectivity index (χ1v) is 13.7. The standard InChI is InChI=1S/C30H37ClN6O4/c1-17-13-14-18(20(38)15-17)26(40)32-19-11-9-10-12-21(19)41-16-22(39)33-30(7,8)29(5,6)27-35-34-25-23(31)24(28(2,3)4)36-37(25)27/h9-15,36,38H,16H2,1-8H3,(H,32,40)(H,33,39). The normalized spacial score (nSPS) is 12.4. The number of amides is 2. The molecule has 218 valence electrons. The van der Waals surface area contributed by atoms with E-state index in [1.165, 1.54) is 6.07 Å². The van der Waals surface area contributed by atoms with Crippen molar-refractivity contribution in [1.82, 2.24) is 25.1 Å². The van der Waals surface area contributed by atoms with Crippen LogP contribution in [0.2, 0.25) is 5.02 Å². The van der Waals surface area contributed by atoms with E-state index in [9.17, 15) is 14.7 Å². The van der Waals surface area contributed by atoms with E-state index in [1.54, 1.807) is 40.9 Å². The van der Waals surface area contributed by atoms with Crippen LogP contribution in [-0.4, -0.2) is 48.9 Å². The van der Waals surface area contributed by atoms with Crippen molar-refractivity contribution in [2.45, 2.75) is 71.8 Å². The lowest BCUT2D eigenvalue weighted by atomic mass is 9.73. The molecule has 41 heavy (non-hydrogen) atoms. The number of nitrogens with zero attached hydrogens (tertiary/aromatic N) is 3. The fourth-order valence-corrected chi connectivity index (χ4v) is 4.84. The average molecular weight is 581 g/mol. The van der Waals surface area contributed by atoms with E-state index < -0.39 is 16.9 Å². The molecule has 0 aliphatic carbocycles. The summed E-state index contributed by atoms with van der Waals surface area (Å²) < 4.78 is 7.59. The summed E-state index contributed by atoms with van der Waals surface area (Å²) in [6, 6.07) is 11.6. The molecule has 4 rings (SSSR count). The predicted octanol–water partition coefficient (Wildman–Crippen LogP) is 5.53. The Morgan fingerprint density at radius 3 is 2.39 bits per heavy atom. The van der Waals surface area contributed by atoms with Gasteiger partial charge in [0.05, 0.1) is 16.9 Å². The van der Waals surface area contributed by atoms with E-state index in [1.807, 2.05) is 34.6 Å². The summed E-state index contributed by atoms with van der Waals surface area (Å²) in [7, 11) is 0.